The molecule has 0 unspecified atom stereocenters. The maximum Gasteiger partial charge on any atom is 0.258 e. The Morgan fingerprint density at radius 2 is 1.70 bits per heavy atom. The minimum atomic E-state index is 0.0430. The zero-order valence-electron chi connectivity index (χ0n) is 17.3. The normalized spacial score (nSPS) is 14.1. The highest BCUT2D eigenvalue weighted by Gasteiger charge is 2.31. The van der Waals surface area contributed by atoms with Crippen molar-refractivity contribution in [3.05, 3.63) is 89.5 Å². The molecule has 0 bridgehead atoms. The predicted octanol–water partition coefficient (Wildman–Crippen LogP) is 5.57. The number of rotatable bonds is 7. The summed E-state index contributed by atoms with van der Waals surface area (Å²) in [5.41, 5.74) is 4.65. The van der Waals surface area contributed by atoms with Crippen LogP contribution in [-0.2, 0) is 11.4 Å². The highest BCUT2D eigenvalue weighted by molar-refractivity contribution is 6.35. The molecule has 3 aromatic rings. The largest absolute Gasteiger partial charge is 0.493 e. The molecule has 4 nitrogen and oxygen atoms in total. The molecule has 4 rings (SSSR count). The third kappa shape index (κ3) is 3.94. The number of carbonyl (C=O) groups is 1. The van der Waals surface area contributed by atoms with Crippen molar-refractivity contribution in [2.45, 2.75) is 20.0 Å². The highest BCUT2D eigenvalue weighted by atomic mass is 16.5. The zero-order chi connectivity index (χ0) is 20.9. The van der Waals surface area contributed by atoms with Crippen molar-refractivity contribution in [1.29, 1.82) is 0 Å². The van der Waals surface area contributed by atoms with Gasteiger partial charge < -0.3 is 14.4 Å². The lowest BCUT2D eigenvalue weighted by molar-refractivity contribution is -0.113. The van der Waals surface area contributed by atoms with E-state index in [2.05, 4.69) is 6.92 Å². The predicted molar refractivity (Wildman–Crippen MR) is 121 cm³/mol. The molecule has 0 N–H and O–H groups in total. The summed E-state index contributed by atoms with van der Waals surface area (Å²) in [7, 11) is 1.63. The molecular formula is C26H25NO3. The summed E-state index contributed by atoms with van der Waals surface area (Å²) in [5.74, 6) is 1.36. The van der Waals surface area contributed by atoms with E-state index in [0.717, 1.165) is 28.8 Å². The molecule has 0 aliphatic carbocycles. The molecule has 0 saturated heterocycles. The van der Waals surface area contributed by atoms with Crippen LogP contribution in [0.5, 0.6) is 11.5 Å². The number of hydrogen-bond donors (Lipinski definition) is 0. The molecule has 1 aliphatic rings. The van der Waals surface area contributed by atoms with Crippen LogP contribution in [0.15, 0.2) is 72.8 Å². The average molecular weight is 399 g/mol. The van der Waals surface area contributed by atoms with Gasteiger partial charge in [0, 0.05) is 17.7 Å². The fourth-order valence-electron chi connectivity index (χ4n) is 3.69. The number of carbonyl (C=O) groups excluding carboxylic acids is 1. The van der Waals surface area contributed by atoms with Crippen LogP contribution in [-0.4, -0.2) is 19.6 Å². The van der Waals surface area contributed by atoms with Crippen LogP contribution in [0.4, 0.5) is 5.69 Å². The first-order valence-corrected chi connectivity index (χ1v) is 10.2. The van der Waals surface area contributed by atoms with Gasteiger partial charge in [-0.1, -0.05) is 61.5 Å². The van der Waals surface area contributed by atoms with E-state index in [1.165, 1.54) is 0 Å². The number of ether oxygens (including phenoxy) is 2. The van der Waals surface area contributed by atoms with Crippen molar-refractivity contribution in [2.24, 2.45) is 0 Å². The first-order valence-electron chi connectivity index (χ1n) is 10.2. The van der Waals surface area contributed by atoms with E-state index in [9.17, 15) is 4.79 Å². The summed E-state index contributed by atoms with van der Waals surface area (Å²) < 4.78 is 11.5. The zero-order valence-corrected chi connectivity index (χ0v) is 17.3. The Hall–Kier alpha value is -3.53. The number of amides is 1. The van der Waals surface area contributed by atoms with Gasteiger partial charge in [0.2, 0.25) is 0 Å². The van der Waals surface area contributed by atoms with Gasteiger partial charge in [-0.3, -0.25) is 4.79 Å². The van der Waals surface area contributed by atoms with Crippen LogP contribution < -0.4 is 14.4 Å². The number of anilines is 1. The van der Waals surface area contributed by atoms with Gasteiger partial charge >= 0.3 is 0 Å². The van der Waals surface area contributed by atoms with Crippen LogP contribution >= 0.6 is 0 Å². The van der Waals surface area contributed by atoms with E-state index < -0.39 is 0 Å². The second-order valence-electron chi connectivity index (χ2n) is 7.22. The Kier molecular flexibility index (Phi) is 5.84. The quantitative estimate of drug-likeness (QED) is 0.488. The summed E-state index contributed by atoms with van der Waals surface area (Å²) in [6.45, 7) is 3.26. The van der Waals surface area contributed by atoms with Crippen LogP contribution in [0.25, 0.3) is 11.6 Å². The maximum atomic E-state index is 13.0. The summed E-state index contributed by atoms with van der Waals surface area (Å²) in [6, 6.07) is 23.7. The van der Waals surface area contributed by atoms with Crippen molar-refractivity contribution >= 4 is 23.2 Å². The Labute approximate surface area is 177 Å². The maximum absolute atomic E-state index is 13.0. The summed E-state index contributed by atoms with van der Waals surface area (Å²) >= 11 is 0. The van der Waals surface area contributed by atoms with E-state index in [-0.39, 0.29) is 5.91 Å². The van der Waals surface area contributed by atoms with Crippen molar-refractivity contribution in [2.75, 3.05) is 18.6 Å². The van der Waals surface area contributed by atoms with Crippen molar-refractivity contribution < 1.29 is 14.3 Å². The summed E-state index contributed by atoms with van der Waals surface area (Å²) in [6.07, 6.45) is 2.84. The van der Waals surface area contributed by atoms with E-state index in [1.54, 1.807) is 7.11 Å². The Morgan fingerprint density at radius 1 is 0.933 bits per heavy atom. The molecule has 0 atom stereocenters. The van der Waals surface area contributed by atoms with Gasteiger partial charge in [-0.2, -0.15) is 0 Å². The second kappa shape index (κ2) is 8.87. The third-order valence-electron chi connectivity index (χ3n) is 5.14. The lowest BCUT2D eigenvalue weighted by Crippen LogP contribution is -2.26. The molecule has 0 fully saturated rings. The monoisotopic (exact) mass is 399 g/mol. The smallest absolute Gasteiger partial charge is 0.258 e. The number of fused-ring (bicyclic) bond motifs is 1. The molecule has 3 aromatic carbocycles. The molecule has 152 valence electrons. The summed E-state index contributed by atoms with van der Waals surface area (Å²) in [4.78, 5) is 14.9. The molecule has 0 aromatic heterocycles. The molecular weight excluding hydrogens is 374 g/mol. The highest BCUT2D eigenvalue weighted by Crippen LogP contribution is 2.38. The molecule has 4 heteroatoms. The van der Waals surface area contributed by atoms with Gasteiger partial charge in [0.1, 0.15) is 6.61 Å². The fraction of sp³-hybridized carbons (Fsp3) is 0.192. The van der Waals surface area contributed by atoms with Gasteiger partial charge in [-0.25, -0.2) is 0 Å². The molecule has 0 spiro atoms. The number of methoxy groups -OCH3 is 1. The second-order valence-corrected chi connectivity index (χ2v) is 7.22. The molecule has 30 heavy (non-hydrogen) atoms. The van der Waals surface area contributed by atoms with Gasteiger partial charge in [0.25, 0.3) is 5.91 Å². The SMILES string of the molecule is CCCN1C(=O)/C(=C\c2ccc(OCc3ccccc3)c(OC)c2)c2ccccc21. The minimum absolute atomic E-state index is 0.0430. The topological polar surface area (TPSA) is 38.8 Å². The molecule has 1 aliphatic heterocycles. The standard InChI is InChI=1S/C26H25NO3/c1-3-15-27-23-12-8-7-11-21(23)22(26(27)28)16-20-13-14-24(25(17-20)29-2)30-18-19-9-5-4-6-10-19/h4-14,16-17H,3,15,18H2,1-2H3/b22-16-. The van der Waals surface area contributed by atoms with E-state index >= 15 is 0 Å². The molecule has 0 radical (unpaired) electrons. The minimum Gasteiger partial charge on any atom is -0.493 e. The third-order valence-corrected chi connectivity index (χ3v) is 5.14. The Morgan fingerprint density at radius 3 is 2.47 bits per heavy atom. The van der Waals surface area contributed by atoms with Crippen LogP contribution in [0.3, 0.4) is 0 Å². The van der Waals surface area contributed by atoms with Crippen LogP contribution in [0.1, 0.15) is 30.0 Å². The summed E-state index contributed by atoms with van der Waals surface area (Å²) in [5, 5.41) is 0. The number of hydrogen-bond acceptors (Lipinski definition) is 3. The van der Waals surface area contributed by atoms with Crippen molar-refractivity contribution in [3.63, 3.8) is 0 Å². The first kappa shape index (κ1) is 19.8. The van der Waals surface area contributed by atoms with E-state index in [1.807, 2.05) is 83.8 Å². The number of nitrogens with zero attached hydrogens (tertiary/aromatic N) is 1. The lowest BCUT2D eigenvalue weighted by atomic mass is 10.0. The van der Waals surface area contributed by atoms with Crippen molar-refractivity contribution in [3.8, 4) is 11.5 Å². The lowest BCUT2D eigenvalue weighted by Gasteiger charge is -2.15. The van der Waals surface area contributed by atoms with E-state index in [4.69, 9.17) is 9.47 Å². The molecule has 1 heterocycles. The van der Waals surface area contributed by atoms with Crippen LogP contribution in [0, 0.1) is 0 Å². The van der Waals surface area contributed by atoms with Crippen molar-refractivity contribution in [1.82, 2.24) is 0 Å². The number of para-hydroxylation sites is 1. The Balaban J connectivity index is 1.61. The van der Waals surface area contributed by atoms with Gasteiger partial charge in [-0.15, -0.1) is 0 Å². The molecule has 0 saturated carbocycles. The fourth-order valence-corrected chi connectivity index (χ4v) is 3.69. The van der Waals surface area contributed by atoms with Gasteiger partial charge in [0.15, 0.2) is 11.5 Å². The first-order chi connectivity index (χ1) is 14.7. The van der Waals surface area contributed by atoms with E-state index in [0.29, 0.717) is 30.2 Å². The van der Waals surface area contributed by atoms with Gasteiger partial charge in [0.05, 0.1) is 12.8 Å². The average Bonchev–Trinajstić information content (AvgIpc) is 3.05. The Bertz CT molecular complexity index is 1070. The van der Waals surface area contributed by atoms with Crippen LogP contribution in [0.2, 0.25) is 0 Å². The molecule has 1 amide bonds. The number of benzene rings is 3. The van der Waals surface area contributed by atoms with Gasteiger partial charge in [-0.05, 0) is 41.8 Å².